The fourth-order valence-corrected chi connectivity index (χ4v) is 5.22. The lowest BCUT2D eigenvalue weighted by Gasteiger charge is -2.44. The number of hydrogen-bond acceptors (Lipinski definition) is 9. The molecule has 0 saturated carbocycles. The maximum atomic E-state index is 12.7. The first-order chi connectivity index (χ1) is 16.6. The second kappa shape index (κ2) is 13.0. The number of rotatable bonds is 8. The Labute approximate surface area is 219 Å². The van der Waals surface area contributed by atoms with Gasteiger partial charge < -0.3 is 25.4 Å². The summed E-state index contributed by atoms with van der Waals surface area (Å²) in [5.74, 6) is -0.542. The molecular weight excluding hydrogens is 512 g/mol. The van der Waals surface area contributed by atoms with E-state index in [1.807, 2.05) is 7.05 Å². The van der Waals surface area contributed by atoms with Crippen molar-refractivity contribution in [3.8, 4) is 0 Å². The second-order valence-electron chi connectivity index (χ2n) is 8.57. The predicted octanol–water partition coefficient (Wildman–Crippen LogP) is 1.81. The number of β-lactam (4-membered cyclic amide) rings is 1. The standard InChI is InChI=1S/C18H21N3O6S.C5H9NO.ClH/c1-10(22)15-13-8-14(28-7-6-19)16(20(13)17(15)23)18(24)27-9-11-2-4-12(5-3-11)21(25)26;1-6-4-2-3-5(6)7;/h2-5,10,13,15,22H,6-9,19H2,1H3;2-4H2,1H3;1H. The number of carbonyl (C=O) groups is 3. The van der Waals surface area contributed by atoms with Gasteiger partial charge >= 0.3 is 5.97 Å². The molecule has 3 aliphatic rings. The molecule has 0 bridgehead atoms. The van der Waals surface area contributed by atoms with Crippen molar-refractivity contribution in [3.05, 3.63) is 50.5 Å². The SMILES string of the molecule is CC(O)C1C(=O)N2C(C(=O)OCc3ccc([N+](=O)[O-])cc3)=C(SCCN)CC12.CN1CCCC1=O.Cl. The van der Waals surface area contributed by atoms with E-state index >= 15 is 0 Å². The van der Waals surface area contributed by atoms with Crippen LogP contribution < -0.4 is 5.73 Å². The number of esters is 1. The van der Waals surface area contributed by atoms with E-state index in [0.717, 1.165) is 24.3 Å². The number of nitrogens with two attached hydrogens (primary N) is 1. The van der Waals surface area contributed by atoms with Crippen molar-refractivity contribution >= 4 is 47.6 Å². The lowest BCUT2D eigenvalue weighted by molar-refractivity contribution is -0.384. The van der Waals surface area contributed by atoms with Gasteiger partial charge in [-0.2, -0.15) is 0 Å². The molecule has 2 amide bonds. The molecule has 3 N–H and O–H groups in total. The Kier molecular flexibility index (Phi) is 10.7. The van der Waals surface area contributed by atoms with Crippen LogP contribution in [0.25, 0.3) is 0 Å². The highest BCUT2D eigenvalue weighted by atomic mass is 35.5. The number of halogens is 1. The highest BCUT2D eigenvalue weighted by Gasteiger charge is 2.56. The summed E-state index contributed by atoms with van der Waals surface area (Å²) < 4.78 is 5.35. The fourth-order valence-electron chi connectivity index (χ4n) is 4.25. The van der Waals surface area contributed by atoms with E-state index in [1.54, 1.807) is 11.8 Å². The summed E-state index contributed by atoms with van der Waals surface area (Å²) in [5, 5.41) is 20.5. The average molecular weight is 543 g/mol. The largest absolute Gasteiger partial charge is 0.456 e. The topological polar surface area (TPSA) is 156 Å². The quantitative estimate of drug-likeness (QED) is 0.216. The maximum Gasteiger partial charge on any atom is 0.356 e. The van der Waals surface area contributed by atoms with Gasteiger partial charge in [0.25, 0.3) is 5.69 Å². The van der Waals surface area contributed by atoms with Crippen molar-refractivity contribution in [1.29, 1.82) is 0 Å². The van der Waals surface area contributed by atoms with Crippen molar-refractivity contribution in [2.24, 2.45) is 11.7 Å². The zero-order valence-corrected chi connectivity index (χ0v) is 21.8. The highest BCUT2D eigenvalue weighted by molar-refractivity contribution is 8.03. The number of aliphatic hydroxyl groups is 1. The zero-order valence-electron chi connectivity index (χ0n) is 20.1. The molecule has 1 aromatic rings. The lowest BCUT2D eigenvalue weighted by Crippen LogP contribution is -2.61. The summed E-state index contributed by atoms with van der Waals surface area (Å²) in [5.41, 5.74) is 6.32. The molecular formula is C23H31ClN4O7S. The fraction of sp³-hybridized carbons (Fsp3) is 0.522. The number of aliphatic hydroxyl groups excluding tert-OH is 1. The van der Waals surface area contributed by atoms with Crippen LogP contribution in [0, 0.1) is 16.0 Å². The highest BCUT2D eigenvalue weighted by Crippen LogP contribution is 2.47. The molecule has 0 aromatic heterocycles. The molecule has 2 fully saturated rings. The number of amides is 2. The molecule has 0 aliphatic carbocycles. The molecule has 2 saturated heterocycles. The van der Waals surface area contributed by atoms with Gasteiger partial charge in [-0.15, -0.1) is 24.2 Å². The number of carbonyl (C=O) groups excluding carboxylic acids is 3. The van der Waals surface area contributed by atoms with E-state index in [9.17, 15) is 29.6 Å². The van der Waals surface area contributed by atoms with Crippen molar-refractivity contribution < 1.29 is 29.2 Å². The molecule has 1 aromatic carbocycles. The first-order valence-corrected chi connectivity index (χ1v) is 12.4. The third-order valence-electron chi connectivity index (χ3n) is 6.10. The van der Waals surface area contributed by atoms with Gasteiger partial charge in [0.2, 0.25) is 11.8 Å². The van der Waals surface area contributed by atoms with E-state index in [-0.39, 0.29) is 42.3 Å². The van der Waals surface area contributed by atoms with Gasteiger partial charge in [0.1, 0.15) is 12.3 Å². The Morgan fingerprint density at radius 1 is 1.33 bits per heavy atom. The summed E-state index contributed by atoms with van der Waals surface area (Å²) >= 11 is 1.41. The van der Waals surface area contributed by atoms with Gasteiger partial charge in [0.15, 0.2) is 0 Å². The number of hydrogen-bond donors (Lipinski definition) is 2. The van der Waals surface area contributed by atoms with Crippen molar-refractivity contribution in [1.82, 2.24) is 9.80 Å². The number of non-ortho nitro benzene ring substituents is 1. The van der Waals surface area contributed by atoms with E-state index in [4.69, 9.17) is 10.5 Å². The molecule has 3 unspecified atom stereocenters. The summed E-state index contributed by atoms with van der Waals surface area (Å²) in [4.78, 5) is 49.7. The number of nitro benzene ring substituents is 1. The Morgan fingerprint density at radius 2 is 2.00 bits per heavy atom. The van der Waals surface area contributed by atoms with E-state index in [0.29, 0.717) is 30.2 Å². The lowest BCUT2D eigenvalue weighted by atomic mass is 9.83. The number of thioether (sulfide) groups is 1. The Morgan fingerprint density at radius 3 is 2.47 bits per heavy atom. The molecule has 36 heavy (non-hydrogen) atoms. The van der Waals surface area contributed by atoms with Crippen molar-refractivity contribution in [2.75, 3.05) is 25.9 Å². The molecule has 198 valence electrons. The zero-order chi connectivity index (χ0) is 25.7. The van der Waals surface area contributed by atoms with Gasteiger partial charge in [-0.1, -0.05) is 0 Å². The number of benzene rings is 1. The monoisotopic (exact) mass is 542 g/mol. The van der Waals surface area contributed by atoms with Crippen LogP contribution >= 0.6 is 24.2 Å². The van der Waals surface area contributed by atoms with Crippen LogP contribution in [0.4, 0.5) is 5.69 Å². The molecule has 3 heterocycles. The normalized spacial score (nSPS) is 21.2. The van der Waals surface area contributed by atoms with Crippen molar-refractivity contribution in [2.45, 2.75) is 44.9 Å². The number of fused-ring (bicyclic) bond motifs is 1. The molecule has 3 aliphatic heterocycles. The molecule has 11 nitrogen and oxygen atoms in total. The van der Waals surface area contributed by atoms with E-state index in [1.165, 1.54) is 40.9 Å². The van der Waals surface area contributed by atoms with Gasteiger partial charge in [-0.3, -0.25) is 19.7 Å². The minimum Gasteiger partial charge on any atom is -0.456 e. The summed E-state index contributed by atoms with van der Waals surface area (Å²) in [6.07, 6.45) is 1.52. The Hall–Kier alpha value is -2.67. The van der Waals surface area contributed by atoms with Crippen LogP contribution in [-0.4, -0.2) is 75.6 Å². The molecule has 13 heteroatoms. The first-order valence-electron chi connectivity index (χ1n) is 11.4. The minimum absolute atomic E-state index is 0. The minimum atomic E-state index is -0.787. The molecule has 4 rings (SSSR count). The predicted molar refractivity (Wildman–Crippen MR) is 136 cm³/mol. The van der Waals surface area contributed by atoms with Gasteiger partial charge in [-0.25, -0.2) is 4.79 Å². The Balaban J connectivity index is 0.000000492. The van der Waals surface area contributed by atoms with E-state index in [2.05, 4.69) is 0 Å². The summed E-state index contributed by atoms with van der Waals surface area (Å²) in [6, 6.07) is 5.46. The molecule has 3 atom stereocenters. The third-order valence-corrected chi connectivity index (χ3v) is 7.25. The smallest absolute Gasteiger partial charge is 0.356 e. The van der Waals surface area contributed by atoms with Crippen LogP contribution in [0.5, 0.6) is 0 Å². The van der Waals surface area contributed by atoms with Gasteiger partial charge in [-0.05, 0) is 31.0 Å². The van der Waals surface area contributed by atoms with Crippen molar-refractivity contribution in [3.63, 3.8) is 0 Å². The van der Waals surface area contributed by atoms with Crippen LogP contribution in [0.15, 0.2) is 34.9 Å². The van der Waals surface area contributed by atoms with Crippen LogP contribution in [0.1, 0.15) is 31.7 Å². The van der Waals surface area contributed by atoms with Crippen LogP contribution in [0.3, 0.4) is 0 Å². The maximum absolute atomic E-state index is 12.7. The molecule has 0 radical (unpaired) electrons. The first kappa shape index (κ1) is 29.6. The number of ether oxygens (including phenoxy) is 1. The third kappa shape index (κ3) is 6.55. The van der Waals surface area contributed by atoms with Gasteiger partial charge in [0, 0.05) is 55.8 Å². The van der Waals surface area contributed by atoms with Gasteiger partial charge in [0.05, 0.1) is 23.0 Å². The number of nitrogens with zero attached hydrogens (tertiary/aromatic N) is 3. The Bertz CT molecular complexity index is 1020. The van der Waals surface area contributed by atoms with Crippen LogP contribution in [-0.2, 0) is 25.7 Å². The van der Waals surface area contributed by atoms with E-state index < -0.39 is 22.9 Å². The average Bonchev–Trinajstić information content (AvgIpc) is 3.36. The second-order valence-corrected chi connectivity index (χ2v) is 9.76. The summed E-state index contributed by atoms with van der Waals surface area (Å²) in [6.45, 7) is 2.88. The van der Waals surface area contributed by atoms with Crippen LogP contribution in [0.2, 0.25) is 0 Å². The molecule has 0 spiro atoms. The summed E-state index contributed by atoms with van der Waals surface area (Å²) in [7, 11) is 1.84. The number of likely N-dealkylation sites (tertiary alicyclic amines) is 1. The number of nitro groups is 1.